The van der Waals surface area contributed by atoms with Gasteiger partial charge in [-0.05, 0) is 39.0 Å². The predicted octanol–water partition coefficient (Wildman–Crippen LogP) is -1.21. The van der Waals surface area contributed by atoms with Gasteiger partial charge in [0.05, 0.1) is 35.4 Å². The lowest BCUT2D eigenvalue weighted by atomic mass is 9.38. The van der Waals surface area contributed by atoms with Gasteiger partial charge in [-0.25, -0.2) is 0 Å². The van der Waals surface area contributed by atoms with E-state index in [2.05, 4.69) is 0 Å². The summed E-state index contributed by atoms with van der Waals surface area (Å²) >= 11 is 0. The van der Waals surface area contributed by atoms with E-state index in [1.165, 1.54) is 13.8 Å². The van der Waals surface area contributed by atoms with Crippen LogP contribution in [0, 0.1) is 16.7 Å². The highest BCUT2D eigenvalue weighted by molar-refractivity contribution is 5.33. The Morgan fingerprint density at radius 1 is 0.828 bits per heavy atom. The molecule has 4 fully saturated rings. The van der Waals surface area contributed by atoms with Crippen LogP contribution in [0.15, 0.2) is 0 Å². The van der Waals surface area contributed by atoms with Crippen LogP contribution in [-0.2, 0) is 0 Å². The maximum Gasteiger partial charge on any atom is 0.104 e. The van der Waals surface area contributed by atoms with Crippen molar-refractivity contribution in [3.8, 4) is 0 Å². The molecule has 8 heteroatoms. The third kappa shape index (κ3) is 2.13. The van der Waals surface area contributed by atoms with E-state index in [-0.39, 0.29) is 32.1 Å². The Bertz CT molecular complexity index is 702. The Balaban J connectivity index is 1.88. The number of aliphatic hydroxyl groups is 8. The third-order valence-electron chi connectivity index (χ3n) is 10.1. The van der Waals surface area contributed by atoms with Crippen molar-refractivity contribution in [2.24, 2.45) is 16.7 Å². The van der Waals surface area contributed by atoms with Gasteiger partial charge in [0.2, 0.25) is 0 Å². The van der Waals surface area contributed by atoms with Crippen LogP contribution in [0.3, 0.4) is 0 Å². The number of fused-ring (bicyclic) bond motifs is 5. The molecule has 0 amide bonds. The van der Waals surface area contributed by atoms with Crippen molar-refractivity contribution in [3.05, 3.63) is 0 Å². The molecule has 0 spiro atoms. The summed E-state index contributed by atoms with van der Waals surface area (Å²) < 4.78 is 0. The molecule has 0 saturated heterocycles. The second-order valence-electron chi connectivity index (χ2n) is 10.8. The van der Waals surface area contributed by atoms with Gasteiger partial charge in [-0.2, -0.15) is 0 Å². The summed E-state index contributed by atoms with van der Waals surface area (Å²) in [6.07, 6.45) is -4.44. The van der Waals surface area contributed by atoms with Gasteiger partial charge in [-0.3, -0.25) is 0 Å². The number of hydrogen-bond acceptors (Lipinski definition) is 8. The lowest BCUT2D eigenvalue weighted by molar-refractivity contribution is -0.371. The predicted molar refractivity (Wildman–Crippen MR) is 102 cm³/mol. The molecule has 0 aliphatic heterocycles. The minimum Gasteiger partial charge on any atom is -0.393 e. The van der Waals surface area contributed by atoms with Crippen molar-refractivity contribution >= 4 is 0 Å². The quantitative estimate of drug-likeness (QED) is 0.264. The summed E-state index contributed by atoms with van der Waals surface area (Å²) in [7, 11) is 0. The van der Waals surface area contributed by atoms with E-state index in [0.717, 1.165) is 0 Å². The molecule has 8 nitrogen and oxygen atoms in total. The van der Waals surface area contributed by atoms with E-state index in [1.54, 1.807) is 6.92 Å². The van der Waals surface area contributed by atoms with Gasteiger partial charge in [-0.15, -0.1) is 0 Å². The summed E-state index contributed by atoms with van der Waals surface area (Å²) in [5.41, 5.74) is -10.0. The van der Waals surface area contributed by atoms with Crippen molar-refractivity contribution in [1.29, 1.82) is 0 Å². The van der Waals surface area contributed by atoms with Crippen molar-refractivity contribution in [2.75, 3.05) is 0 Å². The zero-order chi connectivity index (χ0) is 21.8. The van der Waals surface area contributed by atoms with Crippen LogP contribution in [0.1, 0.15) is 65.7 Å². The van der Waals surface area contributed by atoms with Gasteiger partial charge in [-0.1, -0.05) is 13.8 Å². The second-order valence-corrected chi connectivity index (χ2v) is 10.8. The number of aliphatic hydroxyl groups excluding tert-OH is 4. The van der Waals surface area contributed by atoms with Gasteiger partial charge < -0.3 is 40.9 Å². The molecule has 8 N–H and O–H groups in total. The Kier molecular flexibility index (Phi) is 4.47. The molecule has 29 heavy (non-hydrogen) atoms. The Morgan fingerprint density at radius 2 is 1.45 bits per heavy atom. The highest BCUT2D eigenvalue weighted by Crippen LogP contribution is 2.72. The van der Waals surface area contributed by atoms with E-state index in [9.17, 15) is 40.9 Å². The third-order valence-corrected chi connectivity index (χ3v) is 10.1. The van der Waals surface area contributed by atoms with Crippen molar-refractivity contribution in [3.63, 3.8) is 0 Å². The molecule has 4 aliphatic rings. The standard InChI is InChI=1S/C21H36O8/c1-11(22)18(26)6-7-21(29)17(18,3)14(24)8-13-16(2)5-4-12(23)9-20(16,28)15(25)10-19(13,21)27/h11-15,22-29H,4-10H2,1-3H3/t11?,12-,13+,14+,15+,16+,17+,18+,19-,20-,21+/m0/s1. The van der Waals surface area contributed by atoms with Crippen LogP contribution < -0.4 is 0 Å². The van der Waals surface area contributed by atoms with E-state index >= 15 is 0 Å². The lowest BCUT2D eigenvalue weighted by Gasteiger charge is -2.71. The van der Waals surface area contributed by atoms with E-state index in [0.29, 0.717) is 12.8 Å². The molecule has 0 aromatic heterocycles. The Morgan fingerprint density at radius 3 is 2.03 bits per heavy atom. The normalized spacial score (nSPS) is 63.4. The molecule has 0 radical (unpaired) electrons. The summed E-state index contributed by atoms with van der Waals surface area (Å²) in [6.45, 7) is 4.63. The average Bonchev–Trinajstić information content (AvgIpc) is 2.86. The smallest absolute Gasteiger partial charge is 0.104 e. The molecule has 168 valence electrons. The van der Waals surface area contributed by atoms with Crippen molar-refractivity contribution in [1.82, 2.24) is 0 Å². The maximum absolute atomic E-state index is 12.0. The van der Waals surface area contributed by atoms with E-state index in [1.807, 2.05) is 0 Å². The second kappa shape index (κ2) is 5.92. The molecule has 0 bridgehead atoms. The van der Waals surface area contributed by atoms with E-state index in [4.69, 9.17) is 0 Å². The van der Waals surface area contributed by atoms with Gasteiger partial charge in [0, 0.05) is 24.2 Å². The first-order valence-electron chi connectivity index (χ1n) is 10.8. The van der Waals surface area contributed by atoms with Gasteiger partial charge >= 0.3 is 0 Å². The molecule has 11 atom stereocenters. The highest BCUT2D eigenvalue weighted by Gasteiger charge is 2.83. The first kappa shape index (κ1) is 21.9. The van der Waals surface area contributed by atoms with Gasteiger partial charge in [0.15, 0.2) is 0 Å². The van der Waals surface area contributed by atoms with Crippen LogP contribution >= 0.6 is 0 Å². The maximum atomic E-state index is 12.0. The highest BCUT2D eigenvalue weighted by atomic mass is 16.4. The molecular formula is C21H36O8. The monoisotopic (exact) mass is 416 g/mol. The fourth-order valence-corrected chi connectivity index (χ4v) is 8.00. The van der Waals surface area contributed by atoms with Crippen LogP contribution in [0.4, 0.5) is 0 Å². The molecule has 4 aliphatic carbocycles. The summed E-state index contributed by atoms with van der Waals surface area (Å²) in [6, 6.07) is 0. The molecule has 4 rings (SSSR count). The summed E-state index contributed by atoms with van der Waals surface area (Å²) in [5.74, 6) is -0.764. The molecule has 1 unspecified atom stereocenters. The molecule has 0 heterocycles. The van der Waals surface area contributed by atoms with E-state index < -0.39 is 63.6 Å². The average molecular weight is 417 g/mol. The largest absolute Gasteiger partial charge is 0.393 e. The van der Waals surface area contributed by atoms with Gasteiger partial charge in [0.1, 0.15) is 16.8 Å². The van der Waals surface area contributed by atoms with Crippen LogP contribution in [0.5, 0.6) is 0 Å². The first-order chi connectivity index (χ1) is 13.1. The fraction of sp³-hybridized carbons (Fsp3) is 1.00. The molecule has 0 aromatic carbocycles. The fourth-order valence-electron chi connectivity index (χ4n) is 8.00. The Labute approximate surface area is 170 Å². The topological polar surface area (TPSA) is 162 Å². The van der Waals surface area contributed by atoms with Crippen molar-refractivity contribution < 1.29 is 40.9 Å². The minimum atomic E-state index is -1.98. The molecule has 0 aromatic rings. The zero-order valence-corrected chi connectivity index (χ0v) is 17.4. The SMILES string of the molecule is CC(O)[C@]1(O)CC[C@@]2(O)[C@]1(C)[C@H](O)C[C@@H]1[C@@]3(C)CC[C@H](O)C[C@]3(O)[C@H](O)C[C@]12O. The van der Waals surface area contributed by atoms with Crippen LogP contribution in [0.25, 0.3) is 0 Å². The number of hydrogen-bond donors (Lipinski definition) is 8. The summed E-state index contributed by atoms with van der Waals surface area (Å²) in [5, 5.41) is 89.3. The van der Waals surface area contributed by atoms with Crippen LogP contribution in [0.2, 0.25) is 0 Å². The molecule has 4 saturated carbocycles. The minimum absolute atomic E-state index is 0.00797. The first-order valence-corrected chi connectivity index (χ1v) is 10.8. The zero-order valence-electron chi connectivity index (χ0n) is 17.4. The summed E-state index contributed by atoms with van der Waals surface area (Å²) in [4.78, 5) is 0. The van der Waals surface area contributed by atoms with Crippen LogP contribution in [-0.4, -0.2) is 87.7 Å². The Hall–Kier alpha value is -0.320. The molecular weight excluding hydrogens is 380 g/mol. The number of rotatable bonds is 1. The van der Waals surface area contributed by atoms with Gasteiger partial charge in [0.25, 0.3) is 0 Å². The lowest BCUT2D eigenvalue weighted by Crippen LogP contribution is -2.83. The van der Waals surface area contributed by atoms with Crippen molar-refractivity contribution in [2.45, 2.75) is 113 Å².